The van der Waals surface area contributed by atoms with Crippen LogP contribution in [0.5, 0.6) is 0 Å². The lowest BCUT2D eigenvalue weighted by atomic mass is 9.95. The van der Waals surface area contributed by atoms with E-state index in [-0.39, 0.29) is 0 Å². The molecule has 3 heterocycles. The molecule has 1 N–H and O–H groups in total. The molecular weight excluding hydrogens is 590 g/mol. The van der Waals surface area contributed by atoms with Gasteiger partial charge in [0.05, 0.1) is 0 Å². The number of aliphatic imine (C=N–C) groups is 2. The van der Waals surface area contributed by atoms with Gasteiger partial charge in [0.25, 0.3) is 0 Å². The van der Waals surface area contributed by atoms with Crippen molar-refractivity contribution in [1.82, 2.24) is 5.32 Å². The van der Waals surface area contributed by atoms with Gasteiger partial charge >= 0.3 is 0 Å². The van der Waals surface area contributed by atoms with Crippen LogP contribution in [0.3, 0.4) is 0 Å². The lowest BCUT2D eigenvalue weighted by molar-refractivity contribution is 0.650. The maximum atomic E-state index is 6.94. The molecule has 9 aromatic rings. The zero-order valence-electron chi connectivity index (χ0n) is 25.7. The molecule has 1 aliphatic rings. The summed E-state index contributed by atoms with van der Waals surface area (Å²) in [7, 11) is 0. The minimum absolute atomic E-state index is 0.503. The molecule has 5 nitrogen and oxygen atoms in total. The van der Waals surface area contributed by atoms with Crippen LogP contribution < -0.4 is 5.32 Å². The highest BCUT2D eigenvalue weighted by Gasteiger charge is 2.25. The van der Waals surface area contributed by atoms with Crippen LogP contribution in [0.25, 0.3) is 65.8 Å². The van der Waals surface area contributed by atoms with Crippen molar-refractivity contribution in [2.75, 3.05) is 0 Å². The second-order valence-corrected chi connectivity index (χ2v) is 12.1. The van der Waals surface area contributed by atoms with Gasteiger partial charge in [-0.3, -0.25) is 0 Å². The molecule has 0 aliphatic carbocycles. The summed E-state index contributed by atoms with van der Waals surface area (Å²) in [5.41, 5.74) is 8.34. The molecule has 0 saturated heterocycles. The normalized spacial score (nSPS) is 13.8. The number of rotatable bonds is 4. The molecule has 0 amide bonds. The van der Waals surface area contributed by atoms with Crippen LogP contribution in [-0.4, -0.2) is 11.7 Å². The predicted octanol–water partition coefficient (Wildman–Crippen LogP) is 10.8. The van der Waals surface area contributed by atoms with E-state index in [0.717, 1.165) is 83.4 Å². The number of nitrogens with one attached hydrogen (secondary N) is 1. The van der Waals surface area contributed by atoms with Gasteiger partial charge in [0.15, 0.2) is 6.17 Å². The number of hydrogen-bond donors (Lipinski definition) is 1. The van der Waals surface area contributed by atoms with Gasteiger partial charge in [0.2, 0.25) is 0 Å². The molecule has 0 spiro atoms. The van der Waals surface area contributed by atoms with Crippen molar-refractivity contribution in [3.8, 4) is 11.1 Å². The first-order valence-corrected chi connectivity index (χ1v) is 16.1. The molecule has 7 aromatic carbocycles. The lowest BCUT2D eigenvalue weighted by Crippen LogP contribution is -2.36. The first kappa shape index (κ1) is 26.7. The molecule has 48 heavy (non-hydrogen) atoms. The molecule has 2 aromatic heterocycles. The Balaban J connectivity index is 1.20. The van der Waals surface area contributed by atoms with Crippen molar-refractivity contribution >= 4 is 66.3 Å². The third-order valence-corrected chi connectivity index (χ3v) is 9.34. The highest BCUT2D eigenvalue weighted by atomic mass is 16.3. The quantitative estimate of drug-likeness (QED) is 0.214. The molecule has 0 bridgehead atoms. The van der Waals surface area contributed by atoms with Gasteiger partial charge in [-0.05, 0) is 28.5 Å². The largest absolute Gasteiger partial charge is 0.456 e. The topological polar surface area (TPSA) is 63.0 Å². The number of benzene rings is 7. The Morgan fingerprint density at radius 1 is 0.438 bits per heavy atom. The molecular formula is C43H27N3O2. The Bertz CT molecular complexity index is 2700. The molecule has 1 aliphatic heterocycles. The van der Waals surface area contributed by atoms with Crippen molar-refractivity contribution in [3.05, 3.63) is 168 Å². The Hall–Kier alpha value is -6.46. The van der Waals surface area contributed by atoms with E-state index in [1.54, 1.807) is 0 Å². The first-order valence-electron chi connectivity index (χ1n) is 16.1. The van der Waals surface area contributed by atoms with Gasteiger partial charge in [-0.1, -0.05) is 140 Å². The first-order chi connectivity index (χ1) is 23.8. The van der Waals surface area contributed by atoms with E-state index in [1.807, 2.05) is 42.5 Å². The molecule has 0 atom stereocenters. The predicted molar refractivity (Wildman–Crippen MR) is 196 cm³/mol. The highest BCUT2D eigenvalue weighted by Crippen LogP contribution is 2.44. The van der Waals surface area contributed by atoms with E-state index >= 15 is 0 Å². The van der Waals surface area contributed by atoms with Crippen LogP contribution >= 0.6 is 0 Å². The Morgan fingerprint density at radius 3 is 1.81 bits per heavy atom. The summed E-state index contributed by atoms with van der Waals surface area (Å²) in [5.74, 6) is 1.54. The number of hydrogen-bond acceptors (Lipinski definition) is 5. The summed E-state index contributed by atoms with van der Waals surface area (Å²) >= 11 is 0. The van der Waals surface area contributed by atoms with Crippen molar-refractivity contribution in [2.24, 2.45) is 9.98 Å². The van der Waals surface area contributed by atoms with E-state index in [9.17, 15) is 0 Å². The SMILES string of the molecule is c1ccc(C2=NC(c3cccc4c3oc3c(-c5cccc6oc7ccc8ccccc8c7c56)cccc34)N=C(c3ccccc3)N2)cc1. The van der Waals surface area contributed by atoms with Crippen molar-refractivity contribution in [3.63, 3.8) is 0 Å². The summed E-state index contributed by atoms with van der Waals surface area (Å²) in [6.07, 6.45) is -0.503. The number of amidine groups is 2. The Kier molecular flexibility index (Phi) is 5.87. The van der Waals surface area contributed by atoms with Crippen molar-refractivity contribution in [1.29, 1.82) is 0 Å². The average Bonchev–Trinajstić information content (AvgIpc) is 3.74. The second kappa shape index (κ2) is 10.5. The summed E-state index contributed by atoms with van der Waals surface area (Å²) in [6, 6.07) is 52.0. The molecule has 0 fully saturated rings. The zero-order valence-corrected chi connectivity index (χ0v) is 25.7. The van der Waals surface area contributed by atoms with Crippen LogP contribution in [0.2, 0.25) is 0 Å². The molecule has 226 valence electrons. The van der Waals surface area contributed by atoms with Crippen LogP contribution in [0.1, 0.15) is 22.9 Å². The van der Waals surface area contributed by atoms with Gasteiger partial charge < -0.3 is 14.2 Å². The molecule has 0 saturated carbocycles. The lowest BCUT2D eigenvalue weighted by Gasteiger charge is -2.22. The van der Waals surface area contributed by atoms with Crippen molar-refractivity contribution < 1.29 is 8.83 Å². The van der Waals surface area contributed by atoms with Gasteiger partial charge in [-0.25, -0.2) is 9.98 Å². The fraction of sp³-hybridized carbons (Fsp3) is 0.0233. The maximum absolute atomic E-state index is 6.94. The van der Waals surface area contributed by atoms with E-state index < -0.39 is 6.17 Å². The van der Waals surface area contributed by atoms with Crippen LogP contribution in [0, 0.1) is 0 Å². The minimum Gasteiger partial charge on any atom is -0.456 e. The van der Waals surface area contributed by atoms with Crippen LogP contribution in [0.15, 0.2) is 170 Å². The number of para-hydroxylation sites is 2. The molecule has 5 heteroatoms. The summed E-state index contributed by atoms with van der Waals surface area (Å²) in [4.78, 5) is 10.3. The molecule has 0 unspecified atom stereocenters. The van der Waals surface area contributed by atoms with Crippen LogP contribution in [0.4, 0.5) is 0 Å². The summed E-state index contributed by atoms with van der Waals surface area (Å²) in [5, 5.41) is 10.1. The summed E-state index contributed by atoms with van der Waals surface area (Å²) in [6.45, 7) is 0. The highest BCUT2D eigenvalue weighted by molar-refractivity contribution is 6.24. The van der Waals surface area contributed by atoms with Gasteiger partial charge in [-0.2, -0.15) is 0 Å². The van der Waals surface area contributed by atoms with Crippen LogP contribution in [-0.2, 0) is 0 Å². The molecule has 10 rings (SSSR count). The van der Waals surface area contributed by atoms with E-state index in [0.29, 0.717) is 0 Å². The Morgan fingerprint density at radius 2 is 1.04 bits per heavy atom. The number of nitrogens with zero attached hydrogens (tertiary/aromatic N) is 2. The fourth-order valence-corrected chi connectivity index (χ4v) is 7.14. The third-order valence-electron chi connectivity index (χ3n) is 9.34. The summed E-state index contributed by atoms with van der Waals surface area (Å²) < 4.78 is 13.4. The van der Waals surface area contributed by atoms with Gasteiger partial charge in [0.1, 0.15) is 34.0 Å². The average molecular weight is 618 g/mol. The monoisotopic (exact) mass is 617 g/mol. The standard InChI is InChI=1S/C43H27N3O2/c1-3-13-27(14-4-1)41-44-42(28-15-5-2-6-16-28)46-43(45-41)34-22-10-21-33-32-20-9-19-31(39(32)48-40(33)34)30-18-11-23-35-38(30)37-29-17-8-7-12-26(29)24-25-36(37)47-35/h1-25,43H,(H,44,45,46). The zero-order chi connectivity index (χ0) is 31.6. The Labute approximate surface area is 275 Å². The van der Waals surface area contributed by atoms with Gasteiger partial charge in [0, 0.05) is 43.8 Å². The smallest absolute Gasteiger partial charge is 0.173 e. The van der Waals surface area contributed by atoms with Gasteiger partial charge in [-0.15, -0.1) is 0 Å². The maximum Gasteiger partial charge on any atom is 0.173 e. The second-order valence-electron chi connectivity index (χ2n) is 12.1. The minimum atomic E-state index is -0.503. The fourth-order valence-electron chi connectivity index (χ4n) is 7.14. The van der Waals surface area contributed by atoms with E-state index in [2.05, 4.69) is 115 Å². The number of fused-ring (bicyclic) bond motifs is 8. The third kappa shape index (κ3) is 4.11. The van der Waals surface area contributed by atoms with Crippen molar-refractivity contribution in [2.45, 2.75) is 6.17 Å². The van der Waals surface area contributed by atoms with E-state index in [1.165, 1.54) is 10.8 Å². The molecule has 0 radical (unpaired) electrons. The van der Waals surface area contributed by atoms with E-state index in [4.69, 9.17) is 18.8 Å². The number of furan rings is 2.